The van der Waals surface area contributed by atoms with Gasteiger partial charge in [0.15, 0.2) is 0 Å². The minimum atomic E-state index is 0.341. The highest BCUT2D eigenvalue weighted by molar-refractivity contribution is 6.31. The third-order valence-corrected chi connectivity index (χ3v) is 3.29. The standard InChI is InChI=1S/C11H14ClN/c1-7-10-4-3-9(13)6-8(10)2-5-11(7)12/h2,5,9H,3-4,6,13H2,1H3/t9-/m1/s1. The molecule has 0 saturated heterocycles. The summed E-state index contributed by atoms with van der Waals surface area (Å²) in [5, 5.41) is 0.884. The van der Waals surface area contributed by atoms with Crippen LogP contribution in [0, 0.1) is 6.92 Å². The van der Waals surface area contributed by atoms with Gasteiger partial charge in [0.2, 0.25) is 0 Å². The molecule has 1 aliphatic carbocycles. The summed E-state index contributed by atoms with van der Waals surface area (Å²) in [7, 11) is 0. The summed E-state index contributed by atoms with van der Waals surface area (Å²) >= 11 is 6.05. The Morgan fingerprint density at radius 2 is 2.23 bits per heavy atom. The van der Waals surface area contributed by atoms with E-state index in [0.717, 1.165) is 24.3 Å². The normalized spacial score (nSPS) is 21.3. The average Bonchev–Trinajstić information content (AvgIpc) is 2.12. The van der Waals surface area contributed by atoms with Gasteiger partial charge in [-0.15, -0.1) is 0 Å². The van der Waals surface area contributed by atoms with Crippen molar-refractivity contribution >= 4 is 11.6 Å². The predicted octanol–water partition coefficient (Wildman–Crippen LogP) is 2.46. The molecule has 0 radical (unpaired) electrons. The van der Waals surface area contributed by atoms with Crippen molar-refractivity contribution in [2.24, 2.45) is 5.73 Å². The lowest BCUT2D eigenvalue weighted by molar-refractivity contribution is 0.575. The van der Waals surface area contributed by atoms with Crippen molar-refractivity contribution in [2.75, 3.05) is 0 Å². The summed E-state index contributed by atoms with van der Waals surface area (Å²) < 4.78 is 0. The topological polar surface area (TPSA) is 26.0 Å². The first-order valence-electron chi connectivity index (χ1n) is 4.71. The highest BCUT2D eigenvalue weighted by Gasteiger charge is 2.17. The molecule has 70 valence electrons. The van der Waals surface area contributed by atoms with Crippen LogP contribution in [0.5, 0.6) is 0 Å². The lowest BCUT2D eigenvalue weighted by atomic mass is 9.86. The van der Waals surface area contributed by atoms with Gasteiger partial charge < -0.3 is 5.73 Å². The Morgan fingerprint density at radius 3 is 3.00 bits per heavy atom. The molecular formula is C11H14ClN. The van der Waals surface area contributed by atoms with Crippen LogP contribution in [0.15, 0.2) is 12.1 Å². The molecule has 1 nitrogen and oxygen atoms in total. The van der Waals surface area contributed by atoms with Crippen LogP contribution < -0.4 is 5.73 Å². The van der Waals surface area contributed by atoms with Gasteiger partial charge in [0.25, 0.3) is 0 Å². The molecule has 2 N–H and O–H groups in total. The van der Waals surface area contributed by atoms with Gasteiger partial charge in [0, 0.05) is 11.1 Å². The van der Waals surface area contributed by atoms with Crippen LogP contribution in [0.4, 0.5) is 0 Å². The van der Waals surface area contributed by atoms with Crippen molar-refractivity contribution < 1.29 is 0 Å². The Kier molecular flexibility index (Phi) is 2.31. The SMILES string of the molecule is Cc1c(Cl)ccc2c1CC[C@@H](N)C2. The quantitative estimate of drug-likeness (QED) is 0.676. The van der Waals surface area contributed by atoms with Gasteiger partial charge in [-0.3, -0.25) is 0 Å². The minimum absolute atomic E-state index is 0.341. The summed E-state index contributed by atoms with van der Waals surface area (Å²) in [6, 6.07) is 4.44. The second-order valence-electron chi connectivity index (χ2n) is 3.81. The minimum Gasteiger partial charge on any atom is -0.327 e. The molecule has 0 heterocycles. The van der Waals surface area contributed by atoms with Crippen LogP contribution in [0.2, 0.25) is 5.02 Å². The fourth-order valence-electron chi connectivity index (χ4n) is 2.04. The van der Waals surface area contributed by atoms with Gasteiger partial charge in [-0.1, -0.05) is 17.7 Å². The first-order valence-corrected chi connectivity index (χ1v) is 5.08. The summed E-state index contributed by atoms with van der Waals surface area (Å²) in [5.74, 6) is 0. The van der Waals surface area contributed by atoms with Gasteiger partial charge in [-0.2, -0.15) is 0 Å². The van der Waals surface area contributed by atoms with Gasteiger partial charge in [-0.25, -0.2) is 0 Å². The van der Waals surface area contributed by atoms with E-state index in [-0.39, 0.29) is 0 Å². The zero-order chi connectivity index (χ0) is 9.42. The molecule has 0 spiro atoms. The van der Waals surface area contributed by atoms with Crippen molar-refractivity contribution in [3.8, 4) is 0 Å². The number of hydrogen-bond donors (Lipinski definition) is 1. The highest BCUT2D eigenvalue weighted by Crippen LogP contribution is 2.28. The van der Waals surface area contributed by atoms with E-state index in [0.29, 0.717) is 6.04 Å². The van der Waals surface area contributed by atoms with E-state index >= 15 is 0 Å². The number of fused-ring (bicyclic) bond motifs is 1. The predicted molar refractivity (Wildman–Crippen MR) is 56.2 cm³/mol. The van der Waals surface area contributed by atoms with Crippen LogP contribution in [0.3, 0.4) is 0 Å². The molecule has 1 aliphatic rings. The van der Waals surface area contributed by atoms with E-state index in [4.69, 9.17) is 17.3 Å². The Balaban J connectivity index is 2.47. The second kappa shape index (κ2) is 3.32. The van der Waals surface area contributed by atoms with Crippen LogP contribution in [0.1, 0.15) is 23.1 Å². The first-order chi connectivity index (χ1) is 6.18. The van der Waals surface area contributed by atoms with E-state index in [1.165, 1.54) is 16.7 Å². The van der Waals surface area contributed by atoms with Gasteiger partial charge in [-0.05, 0) is 48.9 Å². The summed E-state index contributed by atoms with van der Waals surface area (Å²) in [6.45, 7) is 2.10. The third kappa shape index (κ3) is 1.59. The van der Waals surface area contributed by atoms with Crippen LogP contribution in [-0.4, -0.2) is 6.04 Å². The smallest absolute Gasteiger partial charge is 0.0438 e. The van der Waals surface area contributed by atoms with Crippen LogP contribution >= 0.6 is 11.6 Å². The molecular weight excluding hydrogens is 182 g/mol. The van der Waals surface area contributed by atoms with Crippen molar-refractivity contribution in [3.63, 3.8) is 0 Å². The van der Waals surface area contributed by atoms with E-state index in [1.54, 1.807) is 0 Å². The maximum absolute atomic E-state index is 6.05. The Labute approximate surface area is 83.9 Å². The van der Waals surface area contributed by atoms with Crippen LogP contribution in [0.25, 0.3) is 0 Å². The number of halogens is 1. The Bertz CT molecular complexity index is 333. The molecule has 1 aromatic rings. The molecule has 1 atom stereocenters. The molecule has 0 bridgehead atoms. The lowest BCUT2D eigenvalue weighted by Gasteiger charge is -2.23. The molecule has 0 saturated carbocycles. The number of nitrogens with two attached hydrogens (primary N) is 1. The molecule has 0 aliphatic heterocycles. The summed E-state index contributed by atoms with van der Waals surface area (Å²) in [4.78, 5) is 0. The van der Waals surface area contributed by atoms with Crippen molar-refractivity contribution in [3.05, 3.63) is 33.8 Å². The van der Waals surface area contributed by atoms with E-state index in [1.807, 2.05) is 6.07 Å². The molecule has 0 aromatic heterocycles. The van der Waals surface area contributed by atoms with E-state index in [9.17, 15) is 0 Å². The molecule has 0 unspecified atom stereocenters. The molecule has 1 aromatic carbocycles. The maximum atomic E-state index is 6.05. The fraction of sp³-hybridized carbons (Fsp3) is 0.455. The third-order valence-electron chi connectivity index (χ3n) is 2.88. The Morgan fingerprint density at radius 1 is 1.46 bits per heavy atom. The zero-order valence-electron chi connectivity index (χ0n) is 7.81. The molecule has 0 fully saturated rings. The van der Waals surface area contributed by atoms with Crippen molar-refractivity contribution in [2.45, 2.75) is 32.2 Å². The second-order valence-corrected chi connectivity index (χ2v) is 4.22. The summed E-state index contributed by atoms with van der Waals surface area (Å²) in [5.41, 5.74) is 9.96. The number of hydrogen-bond acceptors (Lipinski definition) is 1. The lowest BCUT2D eigenvalue weighted by Crippen LogP contribution is -2.28. The molecule has 2 heteroatoms. The van der Waals surface area contributed by atoms with E-state index < -0.39 is 0 Å². The maximum Gasteiger partial charge on any atom is 0.0438 e. The fourth-order valence-corrected chi connectivity index (χ4v) is 2.21. The van der Waals surface area contributed by atoms with Gasteiger partial charge >= 0.3 is 0 Å². The molecule has 2 rings (SSSR count). The largest absolute Gasteiger partial charge is 0.327 e. The van der Waals surface area contributed by atoms with Crippen LogP contribution in [-0.2, 0) is 12.8 Å². The monoisotopic (exact) mass is 195 g/mol. The van der Waals surface area contributed by atoms with Gasteiger partial charge in [0.05, 0.1) is 0 Å². The Hall–Kier alpha value is -0.530. The number of benzene rings is 1. The van der Waals surface area contributed by atoms with E-state index in [2.05, 4.69) is 13.0 Å². The molecule has 0 amide bonds. The number of rotatable bonds is 0. The zero-order valence-corrected chi connectivity index (χ0v) is 8.56. The van der Waals surface area contributed by atoms with Crippen molar-refractivity contribution in [1.29, 1.82) is 0 Å². The molecule has 13 heavy (non-hydrogen) atoms. The average molecular weight is 196 g/mol. The van der Waals surface area contributed by atoms with Gasteiger partial charge in [0.1, 0.15) is 0 Å². The summed E-state index contributed by atoms with van der Waals surface area (Å²) in [6.07, 6.45) is 3.18. The first kappa shape index (κ1) is 9.04. The highest BCUT2D eigenvalue weighted by atomic mass is 35.5. The van der Waals surface area contributed by atoms with Crippen molar-refractivity contribution in [1.82, 2.24) is 0 Å².